The van der Waals surface area contributed by atoms with Crippen LogP contribution in [0.5, 0.6) is 0 Å². The van der Waals surface area contributed by atoms with E-state index in [9.17, 15) is 19.2 Å². The molecule has 0 spiro atoms. The number of nitrogens with two attached hydrogens (primary N) is 1. The van der Waals surface area contributed by atoms with E-state index in [-0.39, 0.29) is 30.0 Å². The molecule has 10 nitrogen and oxygen atoms in total. The number of Topliss-reactive ketones (excluding diaryl/α,β-unsaturated/α-hetero) is 1. The summed E-state index contributed by atoms with van der Waals surface area (Å²) in [5.41, 5.74) is 11.4. The lowest BCUT2D eigenvalue weighted by Crippen LogP contribution is -2.37. The van der Waals surface area contributed by atoms with Crippen molar-refractivity contribution in [1.82, 2.24) is 5.06 Å². The first-order valence-electron chi connectivity index (χ1n) is 17.1. The predicted molar refractivity (Wildman–Crippen MR) is 184 cm³/mol. The van der Waals surface area contributed by atoms with E-state index in [2.05, 4.69) is 65.8 Å². The summed E-state index contributed by atoms with van der Waals surface area (Å²) in [6, 6.07) is 13.4. The van der Waals surface area contributed by atoms with Crippen LogP contribution >= 0.6 is 0 Å². The predicted octanol–water partition coefficient (Wildman–Crippen LogP) is 6.21. The molecule has 2 aromatic rings. The van der Waals surface area contributed by atoms with Crippen LogP contribution in [0.4, 0.5) is 16.2 Å². The van der Waals surface area contributed by atoms with Gasteiger partial charge in [-0.1, -0.05) is 38.0 Å². The smallest absolute Gasteiger partial charge is 0.429 e. The molecule has 47 heavy (non-hydrogen) atoms. The lowest BCUT2D eigenvalue weighted by atomic mass is 9.64. The minimum atomic E-state index is -1.04. The minimum Gasteiger partial charge on any atom is -0.429 e. The van der Waals surface area contributed by atoms with Crippen molar-refractivity contribution < 1.29 is 28.8 Å². The van der Waals surface area contributed by atoms with Gasteiger partial charge < -0.3 is 25.1 Å². The molecule has 1 aliphatic carbocycles. The van der Waals surface area contributed by atoms with E-state index in [1.807, 2.05) is 13.8 Å². The first-order valence-corrected chi connectivity index (χ1v) is 17.1. The molecule has 2 N–H and O–H groups in total. The molecule has 0 radical (unpaired) electrons. The molecule has 1 unspecified atom stereocenters. The summed E-state index contributed by atoms with van der Waals surface area (Å²) in [6.07, 6.45) is 5.00. The Kier molecular flexibility index (Phi) is 12.1. The third kappa shape index (κ3) is 7.97. The summed E-state index contributed by atoms with van der Waals surface area (Å²) in [5.74, 6) is -0.981. The molecule has 0 aromatic heterocycles. The fourth-order valence-corrected chi connectivity index (χ4v) is 7.20. The van der Waals surface area contributed by atoms with Gasteiger partial charge in [0.15, 0.2) is 0 Å². The number of amides is 2. The first kappa shape index (κ1) is 35.9. The number of hydrogen-bond donors (Lipinski definition) is 1. The van der Waals surface area contributed by atoms with Crippen molar-refractivity contribution in [2.24, 2.45) is 5.73 Å². The van der Waals surface area contributed by atoms with E-state index in [1.165, 1.54) is 55.2 Å². The third-order valence-electron chi connectivity index (χ3n) is 9.56. The normalized spacial score (nSPS) is 18.8. The number of fused-ring (bicyclic) bond motifs is 2. The van der Waals surface area contributed by atoms with Crippen molar-refractivity contribution in [2.45, 2.75) is 103 Å². The molecule has 4 aliphatic rings. The molecule has 3 heterocycles. The van der Waals surface area contributed by atoms with Gasteiger partial charge in [-0.05, 0) is 99.5 Å². The summed E-state index contributed by atoms with van der Waals surface area (Å²) >= 11 is 0. The molecular formula is C37H52N4O6. The van der Waals surface area contributed by atoms with Gasteiger partial charge in [0.1, 0.15) is 11.9 Å². The first-order chi connectivity index (χ1) is 22.5. The second kappa shape index (κ2) is 15.8. The van der Waals surface area contributed by atoms with Crippen LogP contribution in [0.2, 0.25) is 0 Å². The SMILES string of the molecule is CC(OC(=O)ON1C(=O)CCC1=O)C1c2ccc(N3CCCC3)cc2C(C)(C)c2cc(N3CCCC3)ccc21.CCCC(C)=O.CN. The number of nitrogens with zero attached hydrogens (tertiary/aromatic N) is 3. The number of ketones is 1. The summed E-state index contributed by atoms with van der Waals surface area (Å²) in [5, 5.41) is 0.533. The van der Waals surface area contributed by atoms with E-state index in [4.69, 9.17) is 9.57 Å². The van der Waals surface area contributed by atoms with Crippen LogP contribution in [-0.4, -0.2) is 68.1 Å². The molecule has 3 aliphatic heterocycles. The average Bonchev–Trinajstić information content (AvgIpc) is 3.84. The number of anilines is 2. The highest BCUT2D eigenvalue weighted by Crippen LogP contribution is 2.50. The second-order valence-corrected chi connectivity index (χ2v) is 13.2. The number of rotatable bonds is 7. The molecule has 0 saturated carbocycles. The average molecular weight is 649 g/mol. The van der Waals surface area contributed by atoms with Crippen molar-refractivity contribution in [3.05, 3.63) is 58.7 Å². The lowest BCUT2D eigenvalue weighted by molar-refractivity contribution is -0.178. The van der Waals surface area contributed by atoms with Gasteiger partial charge in [0.2, 0.25) is 0 Å². The Morgan fingerprint density at radius 1 is 0.851 bits per heavy atom. The van der Waals surface area contributed by atoms with Gasteiger partial charge in [0, 0.05) is 68.1 Å². The molecule has 2 amide bonds. The Labute approximate surface area is 279 Å². The number of carbonyl (C=O) groups excluding carboxylic acids is 4. The standard InChI is InChI=1S/C31H37N3O5.C5H10O.CH5N/c1-20(38-30(37)39-34-27(35)12-13-28(34)36)29-23-10-8-21(32-14-4-5-15-32)18-25(23)31(2,3)26-19-22(9-11-24(26)29)33-16-6-7-17-33;1-3-4-5(2)6;1-2/h8-11,18-20,29H,4-7,12-17H2,1-3H3;3-4H2,1-2H3;2H2,1H3. The fourth-order valence-electron chi connectivity index (χ4n) is 7.20. The van der Waals surface area contributed by atoms with Gasteiger partial charge in [-0.3, -0.25) is 14.4 Å². The quantitative estimate of drug-likeness (QED) is 0.276. The van der Waals surface area contributed by atoms with Gasteiger partial charge in [0.05, 0.1) is 0 Å². The van der Waals surface area contributed by atoms with Crippen LogP contribution in [0.1, 0.15) is 114 Å². The number of ether oxygens (including phenoxy) is 1. The minimum absolute atomic E-state index is 0.0405. The van der Waals surface area contributed by atoms with E-state index in [0.29, 0.717) is 5.06 Å². The van der Waals surface area contributed by atoms with Gasteiger partial charge in [-0.15, -0.1) is 0 Å². The van der Waals surface area contributed by atoms with E-state index in [1.54, 1.807) is 6.92 Å². The maximum absolute atomic E-state index is 12.7. The Bertz CT molecular complexity index is 1360. The number of imide groups is 1. The second-order valence-electron chi connectivity index (χ2n) is 13.2. The molecule has 3 saturated heterocycles. The monoisotopic (exact) mass is 648 g/mol. The maximum atomic E-state index is 12.7. The van der Waals surface area contributed by atoms with Crippen molar-refractivity contribution in [3.8, 4) is 0 Å². The zero-order valence-corrected chi connectivity index (χ0v) is 29.0. The van der Waals surface area contributed by atoms with Crippen molar-refractivity contribution in [3.63, 3.8) is 0 Å². The molecule has 0 bridgehead atoms. The molecular weight excluding hydrogens is 596 g/mol. The summed E-state index contributed by atoms with van der Waals surface area (Å²) in [6.45, 7) is 14.3. The summed E-state index contributed by atoms with van der Waals surface area (Å²) < 4.78 is 5.76. The molecule has 1 atom stereocenters. The van der Waals surface area contributed by atoms with Gasteiger partial charge in [-0.25, -0.2) is 4.79 Å². The highest BCUT2D eigenvalue weighted by Gasteiger charge is 2.42. The van der Waals surface area contributed by atoms with Crippen molar-refractivity contribution >= 4 is 35.1 Å². The van der Waals surface area contributed by atoms with Crippen molar-refractivity contribution in [2.75, 3.05) is 43.0 Å². The molecule has 3 fully saturated rings. The van der Waals surface area contributed by atoms with Gasteiger partial charge in [-0.2, -0.15) is 0 Å². The zero-order valence-electron chi connectivity index (χ0n) is 29.0. The highest BCUT2D eigenvalue weighted by atomic mass is 16.8. The van der Waals surface area contributed by atoms with Gasteiger partial charge >= 0.3 is 6.16 Å². The number of carbonyl (C=O) groups is 4. The Balaban J connectivity index is 0.000000564. The third-order valence-corrected chi connectivity index (χ3v) is 9.56. The molecule has 6 rings (SSSR count). The van der Waals surface area contributed by atoms with Gasteiger partial charge in [0.25, 0.3) is 11.8 Å². The fraction of sp³-hybridized carbons (Fsp3) is 0.568. The Morgan fingerprint density at radius 2 is 1.30 bits per heavy atom. The Hall–Kier alpha value is -3.92. The van der Waals surface area contributed by atoms with Crippen molar-refractivity contribution in [1.29, 1.82) is 0 Å². The van der Waals surface area contributed by atoms with E-state index in [0.717, 1.165) is 50.1 Å². The molecule has 256 valence electrons. The summed E-state index contributed by atoms with van der Waals surface area (Å²) in [4.78, 5) is 56.6. The van der Waals surface area contributed by atoms with Crippen LogP contribution < -0.4 is 15.5 Å². The van der Waals surface area contributed by atoms with Crippen LogP contribution in [0.3, 0.4) is 0 Å². The number of hydrogen-bond acceptors (Lipinski definition) is 9. The van der Waals surface area contributed by atoms with Crippen LogP contribution in [0, 0.1) is 0 Å². The molecule has 2 aromatic carbocycles. The van der Waals surface area contributed by atoms with E-state index < -0.39 is 24.1 Å². The maximum Gasteiger partial charge on any atom is 0.534 e. The lowest BCUT2D eigenvalue weighted by Gasteiger charge is -2.42. The van der Waals surface area contributed by atoms with Crippen LogP contribution in [0.15, 0.2) is 36.4 Å². The topological polar surface area (TPSA) is 122 Å². The zero-order chi connectivity index (χ0) is 34.3. The summed E-state index contributed by atoms with van der Waals surface area (Å²) in [7, 11) is 1.50. The largest absolute Gasteiger partial charge is 0.534 e. The highest BCUT2D eigenvalue weighted by molar-refractivity contribution is 6.01. The van der Waals surface area contributed by atoms with Crippen LogP contribution in [0.25, 0.3) is 0 Å². The number of benzene rings is 2. The number of hydroxylamine groups is 2. The Morgan fingerprint density at radius 3 is 1.68 bits per heavy atom. The molecule has 10 heteroatoms. The van der Waals surface area contributed by atoms with E-state index >= 15 is 0 Å². The van der Waals surface area contributed by atoms with Crippen LogP contribution in [-0.2, 0) is 29.4 Å².